The van der Waals surface area contributed by atoms with E-state index in [0.29, 0.717) is 17.0 Å². The summed E-state index contributed by atoms with van der Waals surface area (Å²) in [6, 6.07) is 9.22. The minimum Gasteiger partial charge on any atom is -0.493 e. The zero-order valence-corrected chi connectivity index (χ0v) is 16.8. The van der Waals surface area contributed by atoms with Gasteiger partial charge in [-0.3, -0.25) is 14.4 Å². The van der Waals surface area contributed by atoms with Gasteiger partial charge in [0.05, 0.1) is 20.6 Å². The number of methoxy groups -OCH3 is 2. The summed E-state index contributed by atoms with van der Waals surface area (Å²) >= 11 is 0. The molecule has 0 saturated heterocycles. The van der Waals surface area contributed by atoms with Gasteiger partial charge in [-0.2, -0.15) is 0 Å². The van der Waals surface area contributed by atoms with E-state index in [2.05, 4.69) is 10.6 Å². The predicted octanol–water partition coefficient (Wildman–Crippen LogP) is 1.76. The maximum absolute atomic E-state index is 12.5. The fraction of sp³-hybridized carbons (Fsp3) is 0.238. The molecule has 0 radical (unpaired) electrons. The van der Waals surface area contributed by atoms with Crippen molar-refractivity contribution in [1.29, 1.82) is 0 Å². The Labute approximate surface area is 177 Å². The summed E-state index contributed by atoms with van der Waals surface area (Å²) < 4.78 is 15.8. The highest BCUT2D eigenvalue weighted by atomic mass is 16.6. The molecule has 31 heavy (non-hydrogen) atoms. The summed E-state index contributed by atoms with van der Waals surface area (Å²) in [5, 5.41) is 13.5. The van der Waals surface area contributed by atoms with Gasteiger partial charge in [-0.15, -0.1) is 0 Å². The molecule has 0 aliphatic carbocycles. The van der Waals surface area contributed by atoms with Gasteiger partial charge in [-0.25, -0.2) is 4.79 Å². The van der Waals surface area contributed by atoms with Gasteiger partial charge in [-0.05, 0) is 30.3 Å². The average molecular weight is 428 g/mol. The third kappa shape index (κ3) is 4.74. The third-order valence-electron chi connectivity index (χ3n) is 4.58. The van der Waals surface area contributed by atoms with E-state index in [1.807, 2.05) is 0 Å². The normalized spacial score (nSPS) is 14.3. The summed E-state index contributed by atoms with van der Waals surface area (Å²) in [5.74, 6) is -2.05. The zero-order valence-electron chi connectivity index (χ0n) is 16.8. The first-order valence-electron chi connectivity index (χ1n) is 9.19. The number of carbonyl (C=O) groups is 4. The lowest BCUT2D eigenvalue weighted by Crippen LogP contribution is -2.29. The Balaban J connectivity index is 1.65. The first kappa shape index (κ1) is 21.6. The van der Waals surface area contributed by atoms with Crippen LogP contribution in [0, 0.1) is 0 Å². The number of carboxylic acids is 1. The molecule has 162 valence electrons. The maximum Gasteiger partial charge on any atom is 0.343 e. The molecule has 0 fully saturated rings. The number of amides is 2. The molecule has 3 N–H and O–H groups in total. The fourth-order valence-electron chi connectivity index (χ4n) is 3.17. The Bertz CT molecular complexity index is 1030. The monoisotopic (exact) mass is 428 g/mol. The lowest BCUT2D eigenvalue weighted by molar-refractivity contribution is -0.135. The van der Waals surface area contributed by atoms with E-state index in [0.717, 1.165) is 0 Å². The zero-order chi connectivity index (χ0) is 22.5. The molecule has 2 aromatic rings. The molecule has 0 aromatic heterocycles. The molecule has 2 aromatic carbocycles. The Morgan fingerprint density at radius 3 is 2.39 bits per heavy atom. The Morgan fingerprint density at radius 1 is 1.06 bits per heavy atom. The van der Waals surface area contributed by atoms with Gasteiger partial charge in [0.15, 0.2) is 11.5 Å². The van der Waals surface area contributed by atoms with Crippen molar-refractivity contribution in [3.63, 3.8) is 0 Å². The molecule has 0 bridgehead atoms. The van der Waals surface area contributed by atoms with Crippen LogP contribution in [0.4, 0.5) is 5.69 Å². The number of cyclic esters (lactones) is 1. The second kappa shape index (κ2) is 9.16. The SMILES string of the molecule is COc1ccc2c(c1OC)C(=O)OC2CC(=O)Nc1ccc(C(=O)NCC(=O)O)cc1. The minimum absolute atomic E-state index is 0.116. The van der Waals surface area contributed by atoms with Crippen LogP contribution in [-0.4, -0.2) is 49.6 Å². The largest absolute Gasteiger partial charge is 0.493 e. The molecule has 1 atom stereocenters. The van der Waals surface area contributed by atoms with Crippen LogP contribution in [0.15, 0.2) is 36.4 Å². The molecule has 0 saturated carbocycles. The van der Waals surface area contributed by atoms with Crippen LogP contribution in [0.1, 0.15) is 38.8 Å². The number of esters is 1. The highest BCUT2D eigenvalue weighted by Crippen LogP contribution is 2.43. The molecule has 0 spiro atoms. The van der Waals surface area contributed by atoms with E-state index in [1.54, 1.807) is 12.1 Å². The van der Waals surface area contributed by atoms with E-state index in [4.69, 9.17) is 19.3 Å². The Hall–Kier alpha value is -4.08. The molecule has 1 aliphatic rings. The third-order valence-corrected chi connectivity index (χ3v) is 4.58. The number of benzene rings is 2. The summed E-state index contributed by atoms with van der Waals surface area (Å²) in [5.41, 5.74) is 1.44. The number of carbonyl (C=O) groups excluding carboxylic acids is 3. The van der Waals surface area contributed by atoms with Crippen LogP contribution >= 0.6 is 0 Å². The van der Waals surface area contributed by atoms with E-state index >= 15 is 0 Å². The van der Waals surface area contributed by atoms with Gasteiger partial charge < -0.3 is 30.0 Å². The molecule has 1 heterocycles. The fourth-order valence-corrected chi connectivity index (χ4v) is 3.17. The predicted molar refractivity (Wildman–Crippen MR) is 107 cm³/mol. The minimum atomic E-state index is -1.15. The van der Waals surface area contributed by atoms with E-state index in [-0.39, 0.29) is 23.3 Å². The average Bonchev–Trinajstić information content (AvgIpc) is 3.06. The van der Waals surface area contributed by atoms with Crippen molar-refractivity contribution in [2.75, 3.05) is 26.1 Å². The molecule has 3 rings (SSSR count). The summed E-state index contributed by atoms with van der Waals surface area (Å²) in [6.07, 6.45) is -0.891. The molecular formula is C21H20N2O8. The van der Waals surface area contributed by atoms with Crippen LogP contribution < -0.4 is 20.1 Å². The van der Waals surface area contributed by atoms with Crippen molar-refractivity contribution in [3.05, 3.63) is 53.1 Å². The molecule has 1 unspecified atom stereocenters. The van der Waals surface area contributed by atoms with Crippen LogP contribution in [-0.2, 0) is 14.3 Å². The van der Waals surface area contributed by atoms with E-state index in [1.165, 1.54) is 38.5 Å². The highest BCUT2D eigenvalue weighted by Gasteiger charge is 2.36. The van der Waals surface area contributed by atoms with Gasteiger partial charge in [0, 0.05) is 16.8 Å². The lowest BCUT2D eigenvalue weighted by Gasteiger charge is -2.13. The Morgan fingerprint density at radius 2 is 1.77 bits per heavy atom. The number of anilines is 1. The number of nitrogens with one attached hydrogen (secondary N) is 2. The van der Waals surface area contributed by atoms with Crippen molar-refractivity contribution in [2.45, 2.75) is 12.5 Å². The number of rotatable bonds is 8. The van der Waals surface area contributed by atoms with Gasteiger partial charge in [0.2, 0.25) is 5.91 Å². The van der Waals surface area contributed by atoms with Gasteiger partial charge >= 0.3 is 11.9 Å². The van der Waals surface area contributed by atoms with Gasteiger partial charge in [0.1, 0.15) is 18.2 Å². The van der Waals surface area contributed by atoms with Crippen molar-refractivity contribution >= 4 is 29.4 Å². The number of hydrogen-bond donors (Lipinski definition) is 3. The first-order valence-corrected chi connectivity index (χ1v) is 9.19. The standard InChI is InChI=1S/C21H20N2O8/c1-29-14-8-7-13-15(31-21(28)18(13)19(14)30-2)9-16(24)23-12-5-3-11(4-6-12)20(27)22-10-17(25)26/h3-8,15H,9-10H2,1-2H3,(H,22,27)(H,23,24)(H,25,26). The lowest BCUT2D eigenvalue weighted by atomic mass is 10.0. The summed E-state index contributed by atoms with van der Waals surface area (Å²) in [6.45, 7) is -0.491. The van der Waals surface area contributed by atoms with E-state index < -0.39 is 36.4 Å². The highest BCUT2D eigenvalue weighted by molar-refractivity contribution is 6.00. The number of aliphatic carboxylic acids is 1. The van der Waals surface area contributed by atoms with Crippen molar-refractivity contribution in [2.24, 2.45) is 0 Å². The number of fused-ring (bicyclic) bond motifs is 1. The molecular weight excluding hydrogens is 408 g/mol. The smallest absolute Gasteiger partial charge is 0.343 e. The second-order valence-corrected chi connectivity index (χ2v) is 6.57. The van der Waals surface area contributed by atoms with Crippen LogP contribution in [0.3, 0.4) is 0 Å². The molecule has 2 amide bonds. The van der Waals surface area contributed by atoms with Crippen LogP contribution in [0.25, 0.3) is 0 Å². The van der Waals surface area contributed by atoms with E-state index in [9.17, 15) is 19.2 Å². The van der Waals surface area contributed by atoms with Crippen LogP contribution in [0.2, 0.25) is 0 Å². The van der Waals surface area contributed by atoms with Crippen LogP contribution in [0.5, 0.6) is 11.5 Å². The first-order chi connectivity index (χ1) is 14.8. The van der Waals surface area contributed by atoms with Gasteiger partial charge in [-0.1, -0.05) is 6.07 Å². The number of carboxylic acid groups (broad SMARTS) is 1. The maximum atomic E-state index is 12.5. The quantitative estimate of drug-likeness (QED) is 0.540. The second-order valence-electron chi connectivity index (χ2n) is 6.57. The summed E-state index contributed by atoms with van der Waals surface area (Å²) in [7, 11) is 2.87. The topological polar surface area (TPSA) is 140 Å². The molecule has 10 nitrogen and oxygen atoms in total. The van der Waals surface area contributed by atoms with Gasteiger partial charge in [0.25, 0.3) is 5.91 Å². The summed E-state index contributed by atoms with van der Waals surface area (Å²) in [4.78, 5) is 47.1. The number of hydrogen-bond acceptors (Lipinski definition) is 7. The van der Waals surface area contributed by atoms with Crippen molar-refractivity contribution < 1.29 is 38.5 Å². The Kier molecular flexibility index (Phi) is 6.39. The number of ether oxygens (including phenoxy) is 3. The van der Waals surface area contributed by atoms with Crippen molar-refractivity contribution in [1.82, 2.24) is 5.32 Å². The molecule has 1 aliphatic heterocycles. The molecule has 10 heteroatoms. The van der Waals surface area contributed by atoms with Crippen molar-refractivity contribution in [3.8, 4) is 11.5 Å².